The third kappa shape index (κ3) is 2.78. The summed E-state index contributed by atoms with van der Waals surface area (Å²) in [5.74, 6) is 0.929. The van der Waals surface area contributed by atoms with Crippen molar-refractivity contribution in [1.82, 2.24) is 14.4 Å². The molecule has 0 saturated heterocycles. The Labute approximate surface area is 148 Å². The number of halogens is 1. The molecule has 0 aliphatic heterocycles. The van der Waals surface area contributed by atoms with Crippen molar-refractivity contribution in [1.29, 1.82) is 0 Å². The Kier molecular flexibility index (Phi) is 3.78. The minimum absolute atomic E-state index is 0.813. The largest absolute Gasteiger partial charge is 0.339 e. The predicted octanol–water partition coefficient (Wildman–Crippen LogP) is 5.21. The van der Waals surface area contributed by atoms with E-state index >= 15 is 0 Å². The summed E-state index contributed by atoms with van der Waals surface area (Å²) in [6, 6.07) is 16.5. The van der Waals surface area contributed by atoms with E-state index in [0.29, 0.717) is 0 Å². The minimum atomic E-state index is 0.813. The number of nitrogens with one attached hydrogen (secondary N) is 1. The van der Waals surface area contributed by atoms with Gasteiger partial charge in [-0.05, 0) is 31.2 Å². The van der Waals surface area contributed by atoms with Gasteiger partial charge in [0.05, 0.1) is 6.20 Å². The molecule has 0 fully saturated rings. The number of anilines is 2. The van der Waals surface area contributed by atoms with Gasteiger partial charge in [-0.25, -0.2) is 4.98 Å². The third-order valence-electron chi connectivity index (χ3n) is 3.86. The normalized spacial score (nSPS) is 10.9. The number of fused-ring (bicyclic) bond motifs is 1. The maximum atomic E-state index is 4.76. The van der Waals surface area contributed by atoms with E-state index in [0.717, 1.165) is 32.9 Å². The van der Waals surface area contributed by atoms with Crippen molar-refractivity contribution in [3.63, 3.8) is 0 Å². The van der Waals surface area contributed by atoms with Crippen molar-refractivity contribution in [2.24, 2.45) is 0 Å². The fraction of sp³-hybridized carbons (Fsp3) is 0.0526. The zero-order valence-electron chi connectivity index (χ0n) is 13.1. The van der Waals surface area contributed by atoms with E-state index in [4.69, 9.17) is 4.98 Å². The fourth-order valence-electron chi connectivity index (χ4n) is 2.61. The summed E-state index contributed by atoms with van der Waals surface area (Å²) in [5.41, 5.74) is 5.03. The Hall–Kier alpha value is -2.66. The van der Waals surface area contributed by atoms with Gasteiger partial charge in [0.2, 0.25) is 0 Å². The Morgan fingerprint density at radius 3 is 2.50 bits per heavy atom. The van der Waals surface area contributed by atoms with Crippen LogP contribution in [0.4, 0.5) is 11.5 Å². The van der Waals surface area contributed by atoms with Gasteiger partial charge in [-0.1, -0.05) is 45.8 Å². The average molecular weight is 379 g/mol. The van der Waals surface area contributed by atoms with Crippen molar-refractivity contribution in [2.45, 2.75) is 6.92 Å². The van der Waals surface area contributed by atoms with E-state index in [1.807, 2.05) is 34.9 Å². The van der Waals surface area contributed by atoms with Crippen LogP contribution in [0.3, 0.4) is 0 Å². The van der Waals surface area contributed by atoms with Gasteiger partial charge < -0.3 is 5.32 Å². The molecule has 4 aromatic rings. The standard InChI is InChI=1S/C19H15BrN4/c1-13-2-4-14(5-3-13)18-19(22-16-8-6-15(20)7-9-16)24-11-10-21-12-17(24)23-18/h2-12,22H,1H3. The molecule has 0 aliphatic carbocycles. The van der Waals surface area contributed by atoms with Crippen LogP contribution in [0.25, 0.3) is 16.9 Å². The van der Waals surface area contributed by atoms with Crippen LogP contribution in [-0.4, -0.2) is 14.4 Å². The van der Waals surface area contributed by atoms with Gasteiger partial charge in [-0.2, -0.15) is 0 Å². The third-order valence-corrected chi connectivity index (χ3v) is 4.39. The lowest BCUT2D eigenvalue weighted by Gasteiger charge is -2.09. The van der Waals surface area contributed by atoms with Crippen LogP contribution >= 0.6 is 15.9 Å². The van der Waals surface area contributed by atoms with Gasteiger partial charge in [-0.15, -0.1) is 0 Å². The first-order valence-corrected chi connectivity index (χ1v) is 8.42. The van der Waals surface area contributed by atoms with Crippen LogP contribution in [0, 0.1) is 6.92 Å². The molecule has 0 saturated carbocycles. The smallest absolute Gasteiger partial charge is 0.157 e. The van der Waals surface area contributed by atoms with Gasteiger partial charge >= 0.3 is 0 Å². The zero-order chi connectivity index (χ0) is 16.5. The molecule has 118 valence electrons. The number of aromatic nitrogens is 3. The Balaban J connectivity index is 1.86. The summed E-state index contributed by atoms with van der Waals surface area (Å²) in [5, 5.41) is 3.49. The molecule has 4 nitrogen and oxygen atoms in total. The second-order valence-electron chi connectivity index (χ2n) is 5.61. The monoisotopic (exact) mass is 378 g/mol. The lowest BCUT2D eigenvalue weighted by atomic mass is 10.1. The maximum absolute atomic E-state index is 4.76. The number of hydrogen-bond acceptors (Lipinski definition) is 3. The van der Waals surface area contributed by atoms with Gasteiger partial charge in [-0.3, -0.25) is 9.38 Å². The topological polar surface area (TPSA) is 42.2 Å². The molecular formula is C19H15BrN4. The first-order valence-electron chi connectivity index (χ1n) is 7.62. The Morgan fingerprint density at radius 1 is 1.00 bits per heavy atom. The molecule has 2 aromatic heterocycles. The number of nitrogens with zero attached hydrogens (tertiary/aromatic N) is 3. The highest BCUT2D eigenvalue weighted by atomic mass is 79.9. The molecule has 5 heteroatoms. The molecule has 0 bridgehead atoms. The van der Waals surface area contributed by atoms with E-state index in [-0.39, 0.29) is 0 Å². The first kappa shape index (κ1) is 14.9. The van der Waals surface area contributed by atoms with E-state index in [1.54, 1.807) is 12.4 Å². The average Bonchev–Trinajstić information content (AvgIpc) is 2.96. The molecule has 4 rings (SSSR count). The van der Waals surface area contributed by atoms with E-state index in [9.17, 15) is 0 Å². The van der Waals surface area contributed by atoms with Gasteiger partial charge in [0.25, 0.3) is 0 Å². The molecule has 2 aromatic carbocycles. The summed E-state index contributed by atoms with van der Waals surface area (Å²) < 4.78 is 3.07. The summed E-state index contributed by atoms with van der Waals surface area (Å²) in [6.45, 7) is 2.08. The van der Waals surface area contributed by atoms with Crippen LogP contribution in [0.1, 0.15) is 5.56 Å². The number of benzene rings is 2. The van der Waals surface area contributed by atoms with Crippen molar-refractivity contribution in [3.05, 3.63) is 77.2 Å². The SMILES string of the molecule is Cc1ccc(-c2nc3cnccn3c2Nc2ccc(Br)cc2)cc1. The molecular weight excluding hydrogens is 364 g/mol. The highest BCUT2D eigenvalue weighted by Gasteiger charge is 2.14. The molecule has 1 N–H and O–H groups in total. The van der Waals surface area contributed by atoms with E-state index in [1.165, 1.54) is 5.56 Å². The highest BCUT2D eigenvalue weighted by molar-refractivity contribution is 9.10. The number of imidazole rings is 1. The molecule has 24 heavy (non-hydrogen) atoms. The van der Waals surface area contributed by atoms with Crippen molar-refractivity contribution < 1.29 is 0 Å². The second-order valence-corrected chi connectivity index (χ2v) is 6.53. The van der Waals surface area contributed by atoms with Crippen molar-refractivity contribution in [3.8, 4) is 11.3 Å². The van der Waals surface area contributed by atoms with Crippen LogP contribution in [0.2, 0.25) is 0 Å². The van der Waals surface area contributed by atoms with Crippen LogP contribution in [-0.2, 0) is 0 Å². The predicted molar refractivity (Wildman–Crippen MR) is 101 cm³/mol. The second kappa shape index (κ2) is 6.09. The Bertz CT molecular complexity index is 988. The van der Waals surface area contributed by atoms with Crippen LogP contribution in [0.5, 0.6) is 0 Å². The highest BCUT2D eigenvalue weighted by Crippen LogP contribution is 2.31. The van der Waals surface area contributed by atoms with Crippen LogP contribution in [0.15, 0.2) is 71.6 Å². The molecule has 0 aliphatic rings. The zero-order valence-corrected chi connectivity index (χ0v) is 14.7. The van der Waals surface area contributed by atoms with Gasteiger partial charge in [0.1, 0.15) is 11.5 Å². The quantitative estimate of drug-likeness (QED) is 0.531. The fourth-order valence-corrected chi connectivity index (χ4v) is 2.87. The van der Waals surface area contributed by atoms with E-state index in [2.05, 4.69) is 57.4 Å². The first-order chi connectivity index (χ1) is 11.7. The summed E-state index contributed by atoms with van der Waals surface area (Å²) >= 11 is 3.47. The summed E-state index contributed by atoms with van der Waals surface area (Å²) in [7, 11) is 0. The lowest BCUT2D eigenvalue weighted by molar-refractivity contribution is 1.13. The number of hydrogen-bond donors (Lipinski definition) is 1. The van der Waals surface area contributed by atoms with Crippen LogP contribution < -0.4 is 5.32 Å². The molecule has 0 radical (unpaired) electrons. The van der Waals surface area contributed by atoms with Gasteiger partial charge in [0.15, 0.2) is 5.65 Å². The minimum Gasteiger partial charge on any atom is -0.339 e. The maximum Gasteiger partial charge on any atom is 0.157 e. The van der Waals surface area contributed by atoms with Crippen molar-refractivity contribution >= 4 is 33.1 Å². The van der Waals surface area contributed by atoms with Crippen molar-refractivity contribution in [2.75, 3.05) is 5.32 Å². The number of rotatable bonds is 3. The summed E-state index contributed by atoms with van der Waals surface area (Å²) in [6.07, 6.45) is 5.45. The molecule has 2 heterocycles. The van der Waals surface area contributed by atoms with E-state index < -0.39 is 0 Å². The lowest BCUT2D eigenvalue weighted by Crippen LogP contribution is -1.97. The molecule has 0 unspecified atom stereocenters. The molecule has 0 atom stereocenters. The molecule has 0 amide bonds. The van der Waals surface area contributed by atoms with Gasteiger partial charge in [0, 0.05) is 28.1 Å². The molecule has 0 spiro atoms. The Morgan fingerprint density at radius 2 is 1.75 bits per heavy atom. The summed E-state index contributed by atoms with van der Waals surface area (Å²) in [4.78, 5) is 8.93. The number of aryl methyl sites for hydroxylation is 1.